The van der Waals surface area contributed by atoms with Crippen molar-refractivity contribution in [2.45, 2.75) is 12.7 Å². The lowest BCUT2D eigenvalue weighted by atomic mass is 10.1. The summed E-state index contributed by atoms with van der Waals surface area (Å²) in [6.07, 6.45) is -0.903. The van der Waals surface area contributed by atoms with Gasteiger partial charge >= 0.3 is 6.18 Å². The predicted molar refractivity (Wildman–Crippen MR) is 97.6 cm³/mol. The van der Waals surface area contributed by atoms with Crippen molar-refractivity contribution in [2.24, 2.45) is 0 Å². The molecule has 142 valence electrons. The molecular formula is C20H12ClF4N3. The summed E-state index contributed by atoms with van der Waals surface area (Å²) < 4.78 is 54.0. The van der Waals surface area contributed by atoms with Gasteiger partial charge in [-0.1, -0.05) is 29.8 Å². The van der Waals surface area contributed by atoms with E-state index >= 15 is 0 Å². The largest absolute Gasteiger partial charge is 0.416 e. The lowest BCUT2D eigenvalue weighted by Gasteiger charge is -2.10. The molecule has 2 aromatic rings. The fourth-order valence-corrected chi connectivity index (χ4v) is 3.03. The Balaban J connectivity index is 1.62. The molecule has 2 aliphatic heterocycles. The summed E-state index contributed by atoms with van der Waals surface area (Å²) in [5.41, 5.74) is 1.35. The van der Waals surface area contributed by atoms with Gasteiger partial charge < -0.3 is 4.57 Å². The molecule has 2 heterocycles. The molecule has 2 aliphatic rings. The highest BCUT2D eigenvalue weighted by molar-refractivity contribution is 6.31. The number of nitrogens with zero attached hydrogens (tertiary/aromatic N) is 3. The van der Waals surface area contributed by atoms with Gasteiger partial charge in [0.1, 0.15) is 5.69 Å². The van der Waals surface area contributed by atoms with Crippen LogP contribution in [0.25, 0.3) is 22.8 Å². The number of hydrogen-bond acceptors (Lipinski definition) is 2. The van der Waals surface area contributed by atoms with E-state index in [1.807, 2.05) is 0 Å². The summed E-state index contributed by atoms with van der Waals surface area (Å²) in [7, 11) is 0. The first-order valence-corrected chi connectivity index (χ1v) is 8.63. The van der Waals surface area contributed by atoms with Gasteiger partial charge in [0.15, 0.2) is 11.6 Å². The smallest absolute Gasteiger partial charge is 0.348 e. The van der Waals surface area contributed by atoms with Gasteiger partial charge in [-0.05, 0) is 35.9 Å². The van der Waals surface area contributed by atoms with Gasteiger partial charge in [-0.2, -0.15) is 13.2 Å². The van der Waals surface area contributed by atoms with Crippen molar-refractivity contribution in [2.75, 3.05) is 0 Å². The van der Waals surface area contributed by atoms with Gasteiger partial charge in [0.2, 0.25) is 0 Å². The van der Waals surface area contributed by atoms with E-state index in [1.165, 1.54) is 18.2 Å². The number of halogens is 5. The maximum Gasteiger partial charge on any atom is 0.416 e. The minimum Gasteiger partial charge on any atom is -0.348 e. The molecule has 0 N–H and O–H groups in total. The van der Waals surface area contributed by atoms with Crippen molar-refractivity contribution in [3.63, 3.8) is 0 Å². The fourth-order valence-electron chi connectivity index (χ4n) is 2.86. The minimum absolute atomic E-state index is 0.0104. The van der Waals surface area contributed by atoms with E-state index in [2.05, 4.69) is 9.97 Å². The van der Waals surface area contributed by atoms with Crippen LogP contribution in [0.5, 0.6) is 0 Å². The number of alkyl halides is 3. The molecule has 4 rings (SSSR count). The van der Waals surface area contributed by atoms with E-state index in [9.17, 15) is 17.6 Å². The average molecular weight is 406 g/mol. The van der Waals surface area contributed by atoms with E-state index in [-0.39, 0.29) is 16.4 Å². The van der Waals surface area contributed by atoms with Crippen LogP contribution in [0.15, 0.2) is 60.9 Å². The molecule has 0 aliphatic carbocycles. The van der Waals surface area contributed by atoms with Crippen LogP contribution in [0.3, 0.4) is 0 Å². The zero-order valence-corrected chi connectivity index (χ0v) is 15.0. The molecule has 3 nitrogen and oxygen atoms in total. The van der Waals surface area contributed by atoms with Gasteiger partial charge in [0.25, 0.3) is 0 Å². The number of rotatable bonds is 3. The fraction of sp³-hybridized carbons (Fsp3) is 0.100. The first-order valence-electron chi connectivity index (χ1n) is 8.25. The molecule has 0 atom stereocenters. The number of imidazole rings is 1. The molecule has 0 saturated carbocycles. The number of pyridine rings is 1. The number of fused-ring (bicyclic) bond motifs is 1. The maximum absolute atomic E-state index is 14.2. The zero-order chi connectivity index (χ0) is 19.9. The van der Waals surface area contributed by atoms with Crippen LogP contribution >= 0.6 is 11.6 Å². The van der Waals surface area contributed by atoms with Crippen LogP contribution < -0.4 is 0 Å². The monoisotopic (exact) mass is 405 g/mol. The molecule has 0 unspecified atom stereocenters. The maximum atomic E-state index is 14.2. The van der Waals surface area contributed by atoms with Crippen molar-refractivity contribution >= 4 is 11.6 Å². The van der Waals surface area contributed by atoms with Crippen LogP contribution in [0.2, 0.25) is 5.02 Å². The van der Waals surface area contributed by atoms with Crippen molar-refractivity contribution in [1.29, 1.82) is 0 Å². The molecule has 0 saturated heterocycles. The van der Waals surface area contributed by atoms with Crippen LogP contribution in [-0.4, -0.2) is 14.5 Å². The van der Waals surface area contributed by atoms with Crippen LogP contribution in [0.1, 0.15) is 11.1 Å². The molecule has 0 fully saturated rings. The molecule has 28 heavy (non-hydrogen) atoms. The van der Waals surface area contributed by atoms with E-state index in [0.29, 0.717) is 23.5 Å². The number of aromatic nitrogens is 3. The van der Waals surface area contributed by atoms with Gasteiger partial charge in [0.05, 0.1) is 21.8 Å². The van der Waals surface area contributed by atoms with Crippen molar-refractivity contribution < 1.29 is 17.6 Å². The number of hydrogen-bond donors (Lipinski definition) is 0. The second-order valence-electron chi connectivity index (χ2n) is 6.23. The van der Waals surface area contributed by atoms with Crippen molar-refractivity contribution in [1.82, 2.24) is 14.5 Å². The molecule has 0 amide bonds. The average Bonchev–Trinajstić information content (AvgIpc) is 3.07. The molecule has 0 bridgehead atoms. The number of benzene rings is 2. The highest BCUT2D eigenvalue weighted by atomic mass is 35.5. The SMILES string of the molecule is Fc1c(Cl)cccc1-c1nc2ccn(Cc3ccc(C(F)(F)F)cc3)cc-2n1. The Morgan fingerprint density at radius 3 is 2.36 bits per heavy atom. The van der Waals surface area contributed by atoms with Crippen LogP contribution in [0, 0.1) is 5.82 Å². The lowest BCUT2D eigenvalue weighted by molar-refractivity contribution is -0.137. The van der Waals surface area contributed by atoms with E-state index in [1.54, 1.807) is 35.2 Å². The Hall–Kier alpha value is -2.93. The summed E-state index contributed by atoms with van der Waals surface area (Å²) in [6.45, 7) is 0.363. The second-order valence-corrected chi connectivity index (χ2v) is 6.64. The predicted octanol–water partition coefficient (Wildman–Crippen LogP) is 5.91. The van der Waals surface area contributed by atoms with E-state index in [4.69, 9.17) is 11.6 Å². The first-order chi connectivity index (χ1) is 13.3. The van der Waals surface area contributed by atoms with Gasteiger partial charge in [0, 0.05) is 18.9 Å². The molecule has 8 heteroatoms. The molecule has 0 spiro atoms. The zero-order valence-electron chi connectivity index (χ0n) is 14.2. The summed E-state index contributed by atoms with van der Waals surface area (Å²) in [5, 5.41) is -0.0104. The third-order valence-electron chi connectivity index (χ3n) is 4.27. The summed E-state index contributed by atoms with van der Waals surface area (Å²) in [5.74, 6) is -0.362. The second kappa shape index (κ2) is 6.91. The normalized spacial score (nSPS) is 11.9. The quantitative estimate of drug-likeness (QED) is 0.397. The standard InChI is InChI=1S/C20H12ClF4N3/c21-15-3-1-2-14(18(15)22)19-26-16-8-9-28(11-17(16)27-19)10-12-4-6-13(7-5-12)20(23,24)25/h1-9,11H,10H2. The van der Waals surface area contributed by atoms with E-state index in [0.717, 1.165) is 12.1 Å². The van der Waals surface area contributed by atoms with Crippen LogP contribution in [-0.2, 0) is 12.7 Å². The summed E-state index contributed by atoms with van der Waals surface area (Å²) >= 11 is 5.81. The van der Waals surface area contributed by atoms with Crippen molar-refractivity contribution in [3.8, 4) is 22.8 Å². The highest BCUT2D eigenvalue weighted by Crippen LogP contribution is 2.30. The third-order valence-corrected chi connectivity index (χ3v) is 4.56. The Bertz CT molecular complexity index is 1100. The van der Waals surface area contributed by atoms with Gasteiger partial charge in [-0.25, -0.2) is 14.4 Å². The Labute approximate surface area is 162 Å². The van der Waals surface area contributed by atoms with Gasteiger partial charge in [-0.3, -0.25) is 0 Å². The van der Waals surface area contributed by atoms with Crippen LogP contribution in [0.4, 0.5) is 17.6 Å². The molecule has 2 aromatic carbocycles. The highest BCUT2D eigenvalue weighted by Gasteiger charge is 2.29. The third kappa shape index (κ3) is 3.57. The Morgan fingerprint density at radius 2 is 1.64 bits per heavy atom. The van der Waals surface area contributed by atoms with Gasteiger partial charge in [-0.15, -0.1) is 0 Å². The Kier molecular flexibility index (Phi) is 4.55. The summed E-state index contributed by atoms with van der Waals surface area (Å²) in [4.78, 5) is 8.68. The van der Waals surface area contributed by atoms with E-state index < -0.39 is 17.6 Å². The van der Waals surface area contributed by atoms with Crippen molar-refractivity contribution in [3.05, 3.63) is 82.9 Å². The Morgan fingerprint density at radius 1 is 0.929 bits per heavy atom. The molecule has 0 aromatic heterocycles. The lowest BCUT2D eigenvalue weighted by Crippen LogP contribution is -2.05. The minimum atomic E-state index is -4.36. The topological polar surface area (TPSA) is 30.7 Å². The first kappa shape index (κ1) is 18.4. The molecule has 0 radical (unpaired) electrons. The molecular weight excluding hydrogens is 394 g/mol. The summed E-state index contributed by atoms with van der Waals surface area (Å²) in [6, 6.07) is 11.3.